The molecular formula is C15H10F3N5O2. The molecule has 0 aliphatic carbocycles. The van der Waals surface area contributed by atoms with Crippen molar-refractivity contribution in [2.24, 2.45) is 5.84 Å². The van der Waals surface area contributed by atoms with Crippen LogP contribution in [-0.4, -0.2) is 20.9 Å². The molecule has 3 aromatic rings. The zero-order valence-corrected chi connectivity index (χ0v) is 12.4. The lowest BCUT2D eigenvalue weighted by atomic mass is 10.1. The van der Waals surface area contributed by atoms with E-state index in [2.05, 4.69) is 15.0 Å². The van der Waals surface area contributed by atoms with Gasteiger partial charge in [-0.3, -0.25) is 15.2 Å². The smallest absolute Gasteiger partial charge is 0.433 e. The third-order valence-electron chi connectivity index (χ3n) is 3.18. The number of carbonyl (C=O) groups is 1. The van der Waals surface area contributed by atoms with Gasteiger partial charge in [0.05, 0.1) is 12.0 Å². The normalized spacial score (nSPS) is 11.4. The van der Waals surface area contributed by atoms with Crippen LogP contribution in [0.5, 0.6) is 0 Å². The Morgan fingerprint density at radius 3 is 2.48 bits per heavy atom. The van der Waals surface area contributed by atoms with Gasteiger partial charge in [0.1, 0.15) is 11.4 Å². The summed E-state index contributed by atoms with van der Waals surface area (Å²) in [6.07, 6.45) is -2.12. The molecule has 3 aromatic heterocycles. The van der Waals surface area contributed by atoms with E-state index in [0.717, 1.165) is 12.3 Å². The minimum atomic E-state index is -4.55. The molecule has 0 saturated heterocycles. The lowest BCUT2D eigenvalue weighted by Gasteiger charge is -2.08. The number of nitrogen functional groups attached to an aromatic ring is 1. The Balaban J connectivity index is 2.08. The molecule has 10 heteroatoms. The average molecular weight is 349 g/mol. The van der Waals surface area contributed by atoms with E-state index in [9.17, 15) is 18.0 Å². The zero-order valence-electron chi connectivity index (χ0n) is 12.4. The summed E-state index contributed by atoms with van der Waals surface area (Å²) in [5.41, 5.74) is 1.61. The van der Waals surface area contributed by atoms with E-state index in [-0.39, 0.29) is 22.8 Å². The molecule has 0 aliphatic heterocycles. The molecule has 0 bridgehead atoms. The predicted molar refractivity (Wildman–Crippen MR) is 79.6 cm³/mol. The molecule has 7 nitrogen and oxygen atoms in total. The van der Waals surface area contributed by atoms with E-state index in [1.165, 1.54) is 18.4 Å². The van der Waals surface area contributed by atoms with Crippen LogP contribution in [0, 0.1) is 0 Å². The van der Waals surface area contributed by atoms with Crippen LogP contribution in [0.4, 0.5) is 13.2 Å². The lowest BCUT2D eigenvalue weighted by molar-refractivity contribution is -0.141. The maximum atomic E-state index is 12.6. The molecule has 3 N–H and O–H groups in total. The minimum Gasteiger partial charge on any atom is -0.463 e. The SMILES string of the molecule is NNC(=O)c1nc(-c2ccc(C(F)(F)F)nc2)cc(-c2ccco2)n1. The van der Waals surface area contributed by atoms with Crippen LogP contribution in [0.1, 0.15) is 16.3 Å². The summed E-state index contributed by atoms with van der Waals surface area (Å²) in [5.74, 6) is 4.43. The first-order valence-corrected chi connectivity index (χ1v) is 6.86. The number of nitrogens with one attached hydrogen (secondary N) is 1. The highest BCUT2D eigenvalue weighted by atomic mass is 19.4. The first-order valence-electron chi connectivity index (χ1n) is 6.86. The maximum Gasteiger partial charge on any atom is 0.433 e. The van der Waals surface area contributed by atoms with Crippen molar-refractivity contribution >= 4 is 5.91 Å². The van der Waals surface area contributed by atoms with Crippen LogP contribution in [0.3, 0.4) is 0 Å². The van der Waals surface area contributed by atoms with Crippen molar-refractivity contribution in [3.05, 3.63) is 54.3 Å². The number of halogens is 3. The number of rotatable bonds is 3. The molecule has 0 aromatic carbocycles. The van der Waals surface area contributed by atoms with Crippen molar-refractivity contribution in [3.8, 4) is 22.7 Å². The quantitative estimate of drug-likeness (QED) is 0.427. The van der Waals surface area contributed by atoms with Gasteiger partial charge in [-0.1, -0.05) is 0 Å². The number of hydrogen-bond acceptors (Lipinski definition) is 6. The minimum absolute atomic E-state index is 0.196. The number of furan rings is 1. The number of alkyl halides is 3. The van der Waals surface area contributed by atoms with Gasteiger partial charge in [0.15, 0.2) is 5.76 Å². The Bertz CT molecular complexity index is 893. The second-order valence-corrected chi connectivity index (χ2v) is 4.84. The summed E-state index contributed by atoms with van der Waals surface area (Å²) >= 11 is 0. The van der Waals surface area contributed by atoms with Crippen molar-refractivity contribution in [1.29, 1.82) is 0 Å². The van der Waals surface area contributed by atoms with Crippen molar-refractivity contribution in [2.45, 2.75) is 6.18 Å². The summed E-state index contributed by atoms with van der Waals surface area (Å²) in [7, 11) is 0. The van der Waals surface area contributed by atoms with E-state index in [1.807, 2.05) is 5.43 Å². The highest BCUT2D eigenvalue weighted by molar-refractivity contribution is 5.91. The predicted octanol–water partition coefficient (Wildman–Crippen LogP) is 2.42. The molecule has 0 aliphatic rings. The molecule has 0 atom stereocenters. The van der Waals surface area contributed by atoms with Crippen LogP contribution >= 0.6 is 0 Å². The largest absolute Gasteiger partial charge is 0.463 e. The van der Waals surface area contributed by atoms with Gasteiger partial charge < -0.3 is 4.42 Å². The Morgan fingerprint density at radius 2 is 1.92 bits per heavy atom. The molecule has 25 heavy (non-hydrogen) atoms. The van der Waals surface area contributed by atoms with Gasteiger partial charge in [0.25, 0.3) is 0 Å². The van der Waals surface area contributed by atoms with Crippen LogP contribution in [-0.2, 0) is 6.18 Å². The molecule has 3 heterocycles. The number of pyridine rings is 1. The van der Waals surface area contributed by atoms with Gasteiger partial charge in [-0.2, -0.15) is 13.2 Å². The summed E-state index contributed by atoms with van der Waals surface area (Å²) in [4.78, 5) is 23.2. The molecule has 0 fully saturated rings. The van der Waals surface area contributed by atoms with Crippen LogP contribution in [0.15, 0.2) is 47.2 Å². The molecule has 0 saturated carbocycles. The number of amides is 1. The molecule has 1 amide bonds. The Morgan fingerprint density at radius 1 is 1.16 bits per heavy atom. The monoisotopic (exact) mass is 349 g/mol. The number of hydrazine groups is 1. The molecule has 3 rings (SSSR count). The van der Waals surface area contributed by atoms with E-state index in [1.54, 1.807) is 12.1 Å². The van der Waals surface area contributed by atoms with Crippen molar-refractivity contribution in [1.82, 2.24) is 20.4 Å². The number of nitrogens with two attached hydrogens (primary N) is 1. The Hall–Kier alpha value is -3.27. The highest BCUT2D eigenvalue weighted by Gasteiger charge is 2.32. The molecular weight excluding hydrogens is 339 g/mol. The second-order valence-electron chi connectivity index (χ2n) is 4.84. The topological polar surface area (TPSA) is 107 Å². The van der Waals surface area contributed by atoms with Crippen LogP contribution < -0.4 is 11.3 Å². The van der Waals surface area contributed by atoms with Gasteiger partial charge in [0.2, 0.25) is 5.82 Å². The van der Waals surface area contributed by atoms with Gasteiger partial charge in [-0.25, -0.2) is 15.8 Å². The Kier molecular flexibility index (Phi) is 4.19. The van der Waals surface area contributed by atoms with Gasteiger partial charge in [-0.15, -0.1) is 0 Å². The third-order valence-corrected chi connectivity index (χ3v) is 3.18. The zero-order chi connectivity index (χ0) is 18.0. The number of hydrogen-bond donors (Lipinski definition) is 2. The third kappa shape index (κ3) is 3.48. The van der Waals surface area contributed by atoms with Gasteiger partial charge in [-0.05, 0) is 30.3 Å². The number of carbonyl (C=O) groups excluding carboxylic acids is 1. The fourth-order valence-electron chi connectivity index (χ4n) is 2.02. The first-order chi connectivity index (χ1) is 11.9. The molecule has 128 valence electrons. The van der Waals surface area contributed by atoms with Crippen LogP contribution in [0.25, 0.3) is 22.7 Å². The van der Waals surface area contributed by atoms with Crippen molar-refractivity contribution in [3.63, 3.8) is 0 Å². The van der Waals surface area contributed by atoms with Gasteiger partial charge >= 0.3 is 12.1 Å². The van der Waals surface area contributed by atoms with Crippen molar-refractivity contribution in [2.75, 3.05) is 0 Å². The fourth-order valence-corrected chi connectivity index (χ4v) is 2.02. The van der Waals surface area contributed by atoms with E-state index in [4.69, 9.17) is 10.3 Å². The summed E-state index contributed by atoms with van der Waals surface area (Å²) in [5, 5.41) is 0. The van der Waals surface area contributed by atoms with Gasteiger partial charge in [0, 0.05) is 11.8 Å². The first kappa shape index (κ1) is 16.6. The van der Waals surface area contributed by atoms with E-state index >= 15 is 0 Å². The lowest BCUT2D eigenvalue weighted by Crippen LogP contribution is -2.31. The summed E-state index contributed by atoms with van der Waals surface area (Å²) < 4.78 is 43.1. The molecule has 0 radical (unpaired) electrons. The fraction of sp³-hybridized carbons (Fsp3) is 0.0667. The van der Waals surface area contributed by atoms with Crippen molar-refractivity contribution < 1.29 is 22.4 Å². The highest BCUT2D eigenvalue weighted by Crippen LogP contribution is 2.29. The standard InChI is InChI=1S/C15H10F3N5O2/c16-15(17,18)12-4-3-8(7-20-12)9-6-10(11-2-1-5-25-11)22-13(21-9)14(24)23-19/h1-7H,19H2,(H,23,24). The summed E-state index contributed by atoms with van der Waals surface area (Å²) in [6.45, 7) is 0. The number of aromatic nitrogens is 3. The maximum absolute atomic E-state index is 12.6. The second kappa shape index (κ2) is 6.32. The Labute approximate surface area is 138 Å². The molecule has 0 unspecified atom stereocenters. The van der Waals surface area contributed by atoms with E-state index in [0.29, 0.717) is 5.76 Å². The average Bonchev–Trinajstić information content (AvgIpc) is 3.14. The molecule has 0 spiro atoms. The van der Waals surface area contributed by atoms with E-state index < -0.39 is 17.8 Å². The number of nitrogens with zero attached hydrogens (tertiary/aromatic N) is 3. The van der Waals surface area contributed by atoms with Crippen LogP contribution in [0.2, 0.25) is 0 Å². The summed E-state index contributed by atoms with van der Waals surface area (Å²) in [6, 6.07) is 6.73.